The first kappa shape index (κ1) is 15.7. The van der Waals surface area contributed by atoms with Crippen LogP contribution >= 0.6 is 56.7 Å². The number of rotatable bonds is 4. The number of hydrogen-bond acceptors (Lipinski definition) is 5. The molecule has 0 unspecified atom stereocenters. The minimum absolute atomic E-state index is 1.33. The molecule has 0 aliphatic carbocycles. The van der Waals surface area contributed by atoms with Crippen molar-refractivity contribution in [3.8, 4) is 40.4 Å². The lowest BCUT2D eigenvalue weighted by atomic mass is 10.3. The summed E-state index contributed by atoms with van der Waals surface area (Å²) in [7, 11) is 0. The highest BCUT2D eigenvalue weighted by Gasteiger charge is 2.11. The molecule has 5 heterocycles. The van der Waals surface area contributed by atoms with Crippen LogP contribution in [0.5, 0.6) is 0 Å². The van der Waals surface area contributed by atoms with Crippen molar-refractivity contribution in [3.05, 3.63) is 70.1 Å². The zero-order valence-corrected chi connectivity index (χ0v) is 17.1. The van der Waals surface area contributed by atoms with E-state index in [-0.39, 0.29) is 0 Å². The van der Waals surface area contributed by atoms with Crippen molar-refractivity contribution < 1.29 is 0 Å². The molecular formula is C20H12S5. The average molecular weight is 413 g/mol. The van der Waals surface area contributed by atoms with E-state index in [0.717, 1.165) is 0 Å². The van der Waals surface area contributed by atoms with E-state index in [1.807, 2.05) is 34.0 Å². The molecule has 5 aromatic rings. The normalized spacial score (nSPS) is 11.2. The molecule has 5 aromatic heterocycles. The van der Waals surface area contributed by atoms with Gasteiger partial charge in [-0.25, -0.2) is 0 Å². The third-order valence-electron chi connectivity index (χ3n) is 3.92. The zero-order chi connectivity index (χ0) is 16.6. The Morgan fingerprint density at radius 1 is 0.400 bits per heavy atom. The van der Waals surface area contributed by atoms with E-state index in [4.69, 9.17) is 0 Å². The van der Waals surface area contributed by atoms with E-state index >= 15 is 0 Å². The van der Waals surface area contributed by atoms with Gasteiger partial charge in [0.25, 0.3) is 0 Å². The summed E-state index contributed by atoms with van der Waals surface area (Å²) < 4.78 is 0. The fraction of sp³-hybridized carbons (Fsp3) is 0. The lowest BCUT2D eigenvalue weighted by molar-refractivity contribution is 1.87. The highest BCUT2D eigenvalue weighted by atomic mass is 32.1. The standard InChI is InChI=1S/C20H12S5/c1-3-17(23-15(1)13-7-9-21-11-13)19-5-6-20(25-19)18-4-2-16(24-18)14-8-10-22-12-14/h1-12H. The molecular weight excluding hydrogens is 401 g/mol. The Kier molecular flexibility index (Phi) is 4.19. The molecule has 0 spiro atoms. The van der Waals surface area contributed by atoms with Crippen molar-refractivity contribution in [2.75, 3.05) is 0 Å². The van der Waals surface area contributed by atoms with Crippen molar-refractivity contribution in [1.82, 2.24) is 0 Å². The molecule has 0 saturated heterocycles. The van der Waals surface area contributed by atoms with E-state index in [1.165, 1.54) is 40.4 Å². The molecule has 122 valence electrons. The second kappa shape index (κ2) is 6.67. The van der Waals surface area contributed by atoms with Gasteiger partial charge in [-0.2, -0.15) is 22.7 Å². The molecule has 0 aliphatic rings. The Morgan fingerprint density at radius 2 is 0.760 bits per heavy atom. The van der Waals surface area contributed by atoms with Crippen LogP contribution in [0.1, 0.15) is 0 Å². The molecule has 0 nitrogen and oxygen atoms in total. The van der Waals surface area contributed by atoms with E-state index < -0.39 is 0 Å². The first-order valence-corrected chi connectivity index (χ1v) is 12.1. The summed E-state index contributed by atoms with van der Waals surface area (Å²) in [5.41, 5.74) is 2.66. The Hall–Kier alpha value is -1.50. The van der Waals surface area contributed by atoms with Crippen molar-refractivity contribution in [2.45, 2.75) is 0 Å². The summed E-state index contributed by atoms with van der Waals surface area (Å²) >= 11 is 9.15. The van der Waals surface area contributed by atoms with Gasteiger partial charge in [0.1, 0.15) is 0 Å². The molecule has 5 heteroatoms. The van der Waals surface area contributed by atoms with Gasteiger partial charge < -0.3 is 0 Å². The van der Waals surface area contributed by atoms with Gasteiger partial charge in [-0.15, -0.1) is 34.0 Å². The molecule has 0 N–H and O–H groups in total. The van der Waals surface area contributed by atoms with Gasteiger partial charge in [-0.1, -0.05) is 0 Å². The van der Waals surface area contributed by atoms with Crippen LogP contribution in [0.4, 0.5) is 0 Å². The molecule has 0 bridgehead atoms. The Morgan fingerprint density at radius 3 is 1.12 bits per heavy atom. The van der Waals surface area contributed by atoms with Crippen LogP contribution in [0.2, 0.25) is 0 Å². The first-order valence-electron chi connectivity index (χ1n) is 7.72. The van der Waals surface area contributed by atoms with Crippen molar-refractivity contribution in [2.24, 2.45) is 0 Å². The van der Waals surface area contributed by atoms with E-state index in [1.54, 1.807) is 22.7 Å². The smallest absolute Gasteiger partial charge is 0.0449 e. The lowest BCUT2D eigenvalue weighted by Gasteiger charge is -1.92. The molecule has 0 saturated carbocycles. The number of thiophene rings is 5. The second-order valence-corrected chi connectivity index (χ2v) is 10.3. The quantitative estimate of drug-likeness (QED) is 0.277. The minimum atomic E-state index is 1.33. The highest BCUT2D eigenvalue weighted by Crippen LogP contribution is 2.43. The van der Waals surface area contributed by atoms with Crippen LogP contribution in [-0.4, -0.2) is 0 Å². The Bertz CT molecular complexity index is 1000. The van der Waals surface area contributed by atoms with Gasteiger partial charge in [-0.05, 0) is 70.1 Å². The maximum absolute atomic E-state index is 2.26. The van der Waals surface area contributed by atoms with E-state index in [0.29, 0.717) is 0 Å². The third kappa shape index (κ3) is 3.07. The molecule has 0 amide bonds. The van der Waals surface area contributed by atoms with Crippen molar-refractivity contribution >= 4 is 56.7 Å². The average Bonchev–Trinajstić information content (AvgIpc) is 3.48. The minimum Gasteiger partial charge on any atom is -0.152 e. The molecule has 0 aliphatic heterocycles. The largest absolute Gasteiger partial charge is 0.152 e. The maximum atomic E-state index is 2.26. The van der Waals surface area contributed by atoms with E-state index in [2.05, 4.69) is 70.1 Å². The highest BCUT2D eigenvalue weighted by molar-refractivity contribution is 7.28. The van der Waals surface area contributed by atoms with Gasteiger partial charge in [-0.3, -0.25) is 0 Å². The van der Waals surface area contributed by atoms with Gasteiger partial charge in [0.2, 0.25) is 0 Å². The van der Waals surface area contributed by atoms with Crippen LogP contribution in [-0.2, 0) is 0 Å². The fourth-order valence-electron chi connectivity index (χ4n) is 2.66. The summed E-state index contributed by atoms with van der Waals surface area (Å²) in [5, 5.41) is 8.71. The van der Waals surface area contributed by atoms with Crippen LogP contribution < -0.4 is 0 Å². The van der Waals surface area contributed by atoms with Crippen molar-refractivity contribution in [1.29, 1.82) is 0 Å². The van der Waals surface area contributed by atoms with Gasteiger partial charge in [0.05, 0.1) is 0 Å². The first-order chi connectivity index (χ1) is 12.4. The molecule has 0 fully saturated rings. The van der Waals surface area contributed by atoms with Crippen LogP contribution in [0, 0.1) is 0 Å². The number of hydrogen-bond donors (Lipinski definition) is 0. The molecule has 0 radical (unpaired) electrons. The SMILES string of the molecule is c1cc(-c2ccc(-c3ccc(-c4ccc(-c5ccsc5)s4)s3)s2)cs1. The monoisotopic (exact) mass is 412 g/mol. The molecule has 25 heavy (non-hydrogen) atoms. The lowest BCUT2D eigenvalue weighted by Crippen LogP contribution is -1.59. The van der Waals surface area contributed by atoms with Gasteiger partial charge >= 0.3 is 0 Å². The van der Waals surface area contributed by atoms with Gasteiger partial charge in [0, 0.05) is 40.4 Å². The predicted octanol–water partition coefficient (Wildman–Crippen LogP) is 8.66. The summed E-state index contributed by atoms with van der Waals surface area (Å²) in [5.74, 6) is 0. The Labute approximate surface area is 166 Å². The molecule has 0 atom stereocenters. The van der Waals surface area contributed by atoms with Crippen LogP contribution in [0.15, 0.2) is 70.1 Å². The van der Waals surface area contributed by atoms with Crippen molar-refractivity contribution in [3.63, 3.8) is 0 Å². The van der Waals surface area contributed by atoms with Crippen LogP contribution in [0.3, 0.4) is 0 Å². The second-order valence-electron chi connectivity index (χ2n) is 5.52. The predicted molar refractivity (Wildman–Crippen MR) is 118 cm³/mol. The zero-order valence-electron chi connectivity index (χ0n) is 13.0. The van der Waals surface area contributed by atoms with Gasteiger partial charge in [0.15, 0.2) is 0 Å². The topological polar surface area (TPSA) is 0 Å². The molecule has 0 aromatic carbocycles. The summed E-state index contributed by atoms with van der Waals surface area (Å²) in [6.45, 7) is 0. The third-order valence-corrected chi connectivity index (χ3v) is 9.03. The summed E-state index contributed by atoms with van der Waals surface area (Å²) in [6, 6.07) is 17.9. The maximum Gasteiger partial charge on any atom is 0.0449 e. The van der Waals surface area contributed by atoms with Crippen LogP contribution in [0.25, 0.3) is 40.4 Å². The fourth-order valence-corrected chi connectivity index (χ4v) is 7.32. The Balaban J connectivity index is 1.44. The summed E-state index contributed by atoms with van der Waals surface area (Å²) in [4.78, 5) is 8.11. The summed E-state index contributed by atoms with van der Waals surface area (Å²) in [6.07, 6.45) is 0. The van der Waals surface area contributed by atoms with E-state index in [9.17, 15) is 0 Å². The molecule has 5 rings (SSSR count).